The van der Waals surface area contributed by atoms with Crippen molar-refractivity contribution >= 4 is 57.5 Å². The van der Waals surface area contributed by atoms with Gasteiger partial charge in [0.15, 0.2) is 0 Å². The first-order valence-electron chi connectivity index (χ1n) is 8.14. The molecule has 0 saturated carbocycles. The Hall–Kier alpha value is -1.18. The van der Waals surface area contributed by atoms with Crippen LogP contribution in [0.15, 0.2) is 22.4 Å². The van der Waals surface area contributed by atoms with Gasteiger partial charge in [0.25, 0.3) is 5.91 Å². The van der Waals surface area contributed by atoms with Gasteiger partial charge in [-0.1, -0.05) is 30.0 Å². The average Bonchev–Trinajstić information content (AvgIpc) is 3.15. The molecule has 0 N–H and O–H groups in total. The van der Waals surface area contributed by atoms with Crippen LogP contribution in [0.25, 0.3) is 6.08 Å². The van der Waals surface area contributed by atoms with Gasteiger partial charge in [-0.05, 0) is 43.7 Å². The summed E-state index contributed by atoms with van der Waals surface area (Å²) in [5.41, 5.74) is 0. The zero-order chi connectivity index (χ0) is 17.1. The first-order chi connectivity index (χ1) is 11.6. The summed E-state index contributed by atoms with van der Waals surface area (Å²) in [4.78, 5) is 30.2. The summed E-state index contributed by atoms with van der Waals surface area (Å²) >= 11 is 8.23. The van der Waals surface area contributed by atoms with Crippen molar-refractivity contribution in [1.29, 1.82) is 0 Å². The molecule has 0 radical (unpaired) electrons. The first-order valence-corrected chi connectivity index (χ1v) is 10.2. The van der Waals surface area contributed by atoms with Crippen molar-refractivity contribution in [3.63, 3.8) is 0 Å². The lowest BCUT2D eigenvalue weighted by atomic mass is 10.0. The van der Waals surface area contributed by atoms with Crippen molar-refractivity contribution in [2.45, 2.75) is 38.6 Å². The maximum absolute atomic E-state index is 12.5. The summed E-state index contributed by atoms with van der Waals surface area (Å²) < 4.78 is 0.544. The van der Waals surface area contributed by atoms with Crippen LogP contribution in [0, 0.1) is 0 Å². The number of hydrogen-bond acceptors (Lipinski definition) is 5. The lowest BCUT2D eigenvalue weighted by Crippen LogP contribution is -2.43. The van der Waals surface area contributed by atoms with E-state index in [1.807, 2.05) is 28.5 Å². The van der Waals surface area contributed by atoms with E-state index in [2.05, 4.69) is 6.92 Å². The van der Waals surface area contributed by atoms with E-state index in [9.17, 15) is 9.59 Å². The number of rotatable bonds is 4. The van der Waals surface area contributed by atoms with Gasteiger partial charge in [-0.25, -0.2) is 0 Å². The first kappa shape index (κ1) is 17.6. The number of hydrogen-bond donors (Lipinski definition) is 0. The van der Waals surface area contributed by atoms with Crippen LogP contribution in [0.2, 0.25) is 0 Å². The van der Waals surface area contributed by atoms with E-state index in [1.54, 1.807) is 16.2 Å². The van der Waals surface area contributed by atoms with Crippen LogP contribution < -0.4 is 0 Å². The predicted molar refractivity (Wildman–Crippen MR) is 104 cm³/mol. The number of likely N-dealkylation sites (tertiary alicyclic amines) is 1. The Morgan fingerprint density at radius 2 is 2.29 bits per heavy atom. The van der Waals surface area contributed by atoms with Gasteiger partial charge < -0.3 is 4.90 Å². The smallest absolute Gasteiger partial charge is 0.266 e. The highest BCUT2D eigenvalue weighted by molar-refractivity contribution is 8.26. The Morgan fingerprint density at radius 3 is 3.00 bits per heavy atom. The van der Waals surface area contributed by atoms with E-state index < -0.39 is 0 Å². The fourth-order valence-electron chi connectivity index (χ4n) is 3.02. The summed E-state index contributed by atoms with van der Waals surface area (Å²) in [6.45, 7) is 3.30. The normalized spacial score (nSPS) is 23.4. The molecule has 0 bridgehead atoms. The third kappa shape index (κ3) is 3.90. The maximum atomic E-state index is 12.5. The zero-order valence-electron chi connectivity index (χ0n) is 13.6. The molecule has 1 aromatic rings. The zero-order valence-corrected chi connectivity index (χ0v) is 16.0. The summed E-state index contributed by atoms with van der Waals surface area (Å²) in [5, 5.41) is 1.98. The summed E-state index contributed by atoms with van der Waals surface area (Å²) in [6, 6.07) is 4.23. The molecule has 2 amide bonds. The number of thioether (sulfide) groups is 1. The van der Waals surface area contributed by atoms with Gasteiger partial charge in [-0.2, -0.15) is 0 Å². The van der Waals surface area contributed by atoms with E-state index in [4.69, 9.17) is 12.2 Å². The van der Waals surface area contributed by atoms with E-state index >= 15 is 0 Å². The Kier molecular flexibility index (Phi) is 5.73. The molecular formula is C17H20N2O2S3. The van der Waals surface area contributed by atoms with Crippen molar-refractivity contribution in [1.82, 2.24) is 9.80 Å². The highest BCUT2D eigenvalue weighted by Crippen LogP contribution is 2.33. The minimum absolute atomic E-state index is 0.0853. The molecule has 0 aromatic carbocycles. The fraction of sp³-hybridized carbons (Fsp3) is 0.471. The van der Waals surface area contributed by atoms with Crippen molar-refractivity contribution in [2.24, 2.45) is 0 Å². The number of amides is 2. The SMILES string of the molecule is C[C@H]1CCCCN1C(=O)CCN1C(=O)/C(=C\c2cccs2)SC1=S. The van der Waals surface area contributed by atoms with Crippen LogP contribution in [0.5, 0.6) is 0 Å². The monoisotopic (exact) mass is 380 g/mol. The molecule has 3 rings (SSSR count). The fourth-order valence-corrected chi connectivity index (χ4v) is 5.05. The molecule has 7 heteroatoms. The van der Waals surface area contributed by atoms with E-state index in [-0.39, 0.29) is 11.8 Å². The molecule has 3 heterocycles. The third-order valence-electron chi connectivity index (χ3n) is 4.36. The quantitative estimate of drug-likeness (QED) is 0.589. The summed E-state index contributed by atoms with van der Waals surface area (Å²) in [6.07, 6.45) is 5.53. The Labute approximate surface area is 155 Å². The molecule has 2 aliphatic heterocycles. The van der Waals surface area contributed by atoms with Gasteiger partial charge in [-0.3, -0.25) is 14.5 Å². The second-order valence-corrected chi connectivity index (χ2v) is 8.69. The largest absolute Gasteiger partial charge is 0.340 e. The Morgan fingerprint density at radius 1 is 1.46 bits per heavy atom. The van der Waals surface area contributed by atoms with Gasteiger partial charge in [0, 0.05) is 30.4 Å². The lowest BCUT2D eigenvalue weighted by molar-refractivity contribution is -0.134. The van der Waals surface area contributed by atoms with Crippen molar-refractivity contribution < 1.29 is 9.59 Å². The average molecular weight is 381 g/mol. The van der Waals surface area contributed by atoms with Gasteiger partial charge in [0.1, 0.15) is 4.32 Å². The molecule has 0 spiro atoms. The van der Waals surface area contributed by atoms with Gasteiger partial charge in [0.2, 0.25) is 5.91 Å². The van der Waals surface area contributed by atoms with Gasteiger partial charge >= 0.3 is 0 Å². The molecule has 24 heavy (non-hydrogen) atoms. The summed E-state index contributed by atoms with van der Waals surface area (Å²) in [7, 11) is 0. The standard InChI is InChI=1S/C17H20N2O2S3/c1-12-5-2-3-8-18(12)15(20)7-9-19-16(21)14(24-17(19)22)11-13-6-4-10-23-13/h4,6,10-12H,2-3,5,7-9H2,1H3/b14-11+/t12-/m0/s1. The molecule has 4 nitrogen and oxygen atoms in total. The molecule has 1 atom stereocenters. The van der Waals surface area contributed by atoms with Crippen LogP contribution in [0.3, 0.4) is 0 Å². The molecule has 128 valence electrons. The van der Waals surface area contributed by atoms with Crippen LogP contribution >= 0.6 is 35.3 Å². The van der Waals surface area contributed by atoms with Gasteiger partial charge in [-0.15, -0.1) is 11.3 Å². The van der Waals surface area contributed by atoms with E-state index in [0.717, 1.165) is 24.3 Å². The predicted octanol–water partition coefficient (Wildman–Crippen LogP) is 3.74. The molecule has 2 saturated heterocycles. The second kappa shape index (κ2) is 7.80. The molecule has 2 aliphatic rings. The van der Waals surface area contributed by atoms with Crippen LogP contribution in [0.4, 0.5) is 0 Å². The van der Waals surface area contributed by atoms with E-state index in [1.165, 1.54) is 18.2 Å². The maximum Gasteiger partial charge on any atom is 0.266 e. The number of thiocarbonyl (C=S) groups is 1. The van der Waals surface area contributed by atoms with Crippen LogP contribution in [0.1, 0.15) is 37.5 Å². The number of piperidine rings is 1. The number of carbonyl (C=O) groups excluding carboxylic acids is 2. The van der Waals surface area contributed by atoms with Crippen molar-refractivity contribution in [3.05, 3.63) is 27.3 Å². The highest BCUT2D eigenvalue weighted by atomic mass is 32.2. The lowest BCUT2D eigenvalue weighted by Gasteiger charge is -2.33. The van der Waals surface area contributed by atoms with Gasteiger partial charge in [0.05, 0.1) is 4.91 Å². The van der Waals surface area contributed by atoms with E-state index in [0.29, 0.717) is 28.2 Å². The summed E-state index contributed by atoms with van der Waals surface area (Å²) in [5.74, 6) is 0.0383. The molecule has 0 aliphatic carbocycles. The van der Waals surface area contributed by atoms with Crippen LogP contribution in [-0.4, -0.2) is 45.1 Å². The Balaban J connectivity index is 1.60. The number of thiophene rings is 1. The highest BCUT2D eigenvalue weighted by Gasteiger charge is 2.33. The minimum atomic E-state index is -0.0853. The third-order valence-corrected chi connectivity index (χ3v) is 6.56. The molecule has 2 fully saturated rings. The molecular weight excluding hydrogens is 360 g/mol. The molecule has 0 unspecified atom stereocenters. The molecule has 1 aromatic heterocycles. The second-order valence-electron chi connectivity index (χ2n) is 6.03. The van der Waals surface area contributed by atoms with Crippen molar-refractivity contribution in [3.8, 4) is 0 Å². The minimum Gasteiger partial charge on any atom is -0.340 e. The number of nitrogens with zero attached hydrogens (tertiary/aromatic N) is 2. The number of carbonyl (C=O) groups is 2. The Bertz CT molecular complexity index is 669. The topological polar surface area (TPSA) is 40.6 Å². The van der Waals surface area contributed by atoms with Crippen LogP contribution in [-0.2, 0) is 9.59 Å². The van der Waals surface area contributed by atoms with Crippen molar-refractivity contribution in [2.75, 3.05) is 13.1 Å².